The zero-order valence-corrected chi connectivity index (χ0v) is 11.4. The van der Waals surface area contributed by atoms with Crippen molar-refractivity contribution in [3.63, 3.8) is 0 Å². The van der Waals surface area contributed by atoms with Gasteiger partial charge in [-0.05, 0) is 24.6 Å². The molecule has 0 saturated carbocycles. The maximum absolute atomic E-state index is 5.90. The van der Waals surface area contributed by atoms with Crippen LogP contribution in [0.4, 0.5) is 5.82 Å². The Morgan fingerprint density at radius 3 is 2.95 bits per heavy atom. The van der Waals surface area contributed by atoms with E-state index in [9.17, 15) is 0 Å². The second-order valence-electron chi connectivity index (χ2n) is 4.59. The van der Waals surface area contributed by atoms with Crippen molar-refractivity contribution in [3.8, 4) is 11.5 Å². The lowest BCUT2D eigenvalue weighted by atomic mass is 10.2. The molecule has 0 saturated heterocycles. The summed E-state index contributed by atoms with van der Waals surface area (Å²) in [5.74, 6) is 2.96. The molecule has 0 amide bonds. The van der Waals surface area contributed by atoms with Crippen LogP contribution in [0.25, 0.3) is 0 Å². The van der Waals surface area contributed by atoms with Crippen molar-refractivity contribution in [2.75, 3.05) is 18.5 Å². The first kappa shape index (κ1) is 12.7. The molecule has 2 aromatic rings. The Labute approximate surface area is 118 Å². The van der Waals surface area contributed by atoms with Crippen LogP contribution >= 0.6 is 0 Å². The SMILES string of the molecule is CCCNc1ccnc(C2COc3ccccc3O2)n1. The number of nitrogens with one attached hydrogen (secondary N) is 1. The third-order valence-electron chi connectivity index (χ3n) is 3.03. The molecule has 0 bridgehead atoms. The van der Waals surface area contributed by atoms with Crippen molar-refractivity contribution < 1.29 is 9.47 Å². The third-order valence-corrected chi connectivity index (χ3v) is 3.03. The number of hydrogen-bond donors (Lipinski definition) is 1. The van der Waals surface area contributed by atoms with E-state index in [1.54, 1.807) is 6.20 Å². The average molecular weight is 271 g/mol. The fraction of sp³-hybridized carbons (Fsp3) is 0.333. The van der Waals surface area contributed by atoms with Crippen molar-refractivity contribution in [2.45, 2.75) is 19.4 Å². The zero-order valence-electron chi connectivity index (χ0n) is 11.4. The van der Waals surface area contributed by atoms with Gasteiger partial charge in [-0.15, -0.1) is 0 Å². The fourth-order valence-corrected chi connectivity index (χ4v) is 2.03. The molecule has 3 rings (SSSR count). The highest BCUT2D eigenvalue weighted by Gasteiger charge is 2.24. The number of hydrogen-bond acceptors (Lipinski definition) is 5. The Morgan fingerprint density at radius 1 is 1.25 bits per heavy atom. The van der Waals surface area contributed by atoms with Gasteiger partial charge in [-0.25, -0.2) is 9.97 Å². The molecule has 1 aromatic heterocycles. The zero-order chi connectivity index (χ0) is 13.8. The number of fused-ring (bicyclic) bond motifs is 1. The quantitative estimate of drug-likeness (QED) is 0.926. The summed E-state index contributed by atoms with van der Waals surface area (Å²) in [6.07, 6.45) is 2.52. The summed E-state index contributed by atoms with van der Waals surface area (Å²) in [4.78, 5) is 8.77. The van der Waals surface area contributed by atoms with Crippen molar-refractivity contribution >= 4 is 5.82 Å². The van der Waals surface area contributed by atoms with Gasteiger partial charge in [-0.3, -0.25) is 0 Å². The smallest absolute Gasteiger partial charge is 0.192 e. The minimum Gasteiger partial charge on any atom is -0.485 e. The fourth-order valence-electron chi connectivity index (χ4n) is 2.03. The maximum Gasteiger partial charge on any atom is 0.192 e. The Kier molecular flexibility index (Phi) is 3.67. The number of anilines is 1. The maximum atomic E-state index is 5.90. The van der Waals surface area contributed by atoms with Gasteiger partial charge in [0.15, 0.2) is 23.4 Å². The molecule has 2 heterocycles. The molecule has 1 atom stereocenters. The van der Waals surface area contributed by atoms with Gasteiger partial charge in [-0.2, -0.15) is 0 Å². The molecule has 1 aromatic carbocycles. The van der Waals surface area contributed by atoms with E-state index in [4.69, 9.17) is 9.47 Å². The van der Waals surface area contributed by atoms with E-state index >= 15 is 0 Å². The van der Waals surface area contributed by atoms with Crippen LogP contribution in [-0.2, 0) is 0 Å². The summed E-state index contributed by atoms with van der Waals surface area (Å²) in [5, 5.41) is 3.25. The first-order chi connectivity index (χ1) is 9.86. The Bertz CT molecular complexity index is 589. The number of aromatic nitrogens is 2. The van der Waals surface area contributed by atoms with Crippen LogP contribution in [0.15, 0.2) is 36.5 Å². The predicted molar refractivity (Wildman–Crippen MR) is 76.1 cm³/mol. The Morgan fingerprint density at radius 2 is 2.10 bits per heavy atom. The lowest BCUT2D eigenvalue weighted by Gasteiger charge is -2.25. The molecular weight excluding hydrogens is 254 g/mol. The monoisotopic (exact) mass is 271 g/mol. The van der Waals surface area contributed by atoms with Crippen LogP contribution in [0.5, 0.6) is 11.5 Å². The topological polar surface area (TPSA) is 56.3 Å². The van der Waals surface area contributed by atoms with Crippen LogP contribution in [0.3, 0.4) is 0 Å². The van der Waals surface area contributed by atoms with E-state index < -0.39 is 0 Å². The van der Waals surface area contributed by atoms with E-state index in [0.717, 1.165) is 30.3 Å². The summed E-state index contributed by atoms with van der Waals surface area (Å²) >= 11 is 0. The molecule has 20 heavy (non-hydrogen) atoms. The van der Waals surface area contributed by atoms with Gasteiger partial charge in [0.25, 0.3) is 0 Å². The lowest BCUT2D eigenvalue weighted by Crippen LogP contribution is -2.23. The molecule has 0 radical (unpaired) electrons. The summed E-state index contributed by atoms with van der Waals surface area (Å²) < 4.78 is 11.6. The third kappa shape index (κ3) is 2.66. The molecule has 1 unspecified atom stereocenters. The van der Waals surface area contributed by atoms with Crippen molar-refractivity contribution in [1.82, 2.24) is 9.97 Å². The second kappa shape index (κ2) is 5.77. The van der Waals surface area contributed by atoms with E-state index in [-0.39, 0.29) is 6.10 Å². The molecule has 0 fully saturated rings. The van der Waals surface area contributed by atoms with Crippen molar-refractivity contribution in [2.24, 2.45) is 0 Å². The van der Waals surface area contributed by atoms with Gasteiger partial charge in [-0.1, -0.05) is 19.1 Å². The van der Waals surface area contributed by atoms with Crippen molar-refractivity contribution in [1.29, 1.82) is 0 Å². The van der Waals surface area contributed by atoms with Gasteiger partial charge in [0, 0.05) is 12.7 Å². The van der Waals surface area contributed by atoms with E-state index in [1.807, 2.05) is 30.3 Å². The van der Waals surface area contributed by atoms with E-state index in [1.165, 1.54) is 0 Å². The first-order valence-corrected chi connectivity index (χ1v) is 6.82. The molecule has 5 heteroatoms. The van der Waals surface area contributed by atoms with Gasteiger partial charge in [0.05, 0.1) is 0 Å². The summed E-state index contributed by atoms with van der Waals surface area (Å²) in [6, 6.07) is 9.49. The Hall–Kier alpha value is -2.30. The molecule has 0 aliphatic carbocycles. The largest absolute Gasteiger partial charge is 0.485 e. The molecule has 104 valence electrons. The minimum absolute atomic E-state index is 0.270. The van der Waals surface area contributed by atoms with E-state index in [0.29, 0.717) is 12.4 Å². The molecule has 1 N–H and O–H groups in total. The molecule has 1 aliphatic heterocycles. The number of rotatable bonds is 4. The number of nitrogens with zero attached hydrogens (tertiary/aromatic N) is 2. The first-order valence-electron chi connectivity index (χ1n) is 6.82. The molecule has 5 nitrogen and oxygen atoms in total. The number of ether oxygens (including phenoxy) is 2. The number of benzene rings is 1. The van der Waals surface area contributed by atoms with Crippen LogP contribution in [0.1, 0.15) is 25.3 Å². The standard InChI is InChI=1S/C15H17N3O2/c1-2-8-16-14-7-9-17-15(18-14)13-10-19-11-5-3-4-6-12(11)20-13/h3-7,9,13H,2,8,10H2,1H3,(H,16,17,18). The molecular formula is C15H17N3O2. The van der Waals surface area contributed by atoms with Crippen LogP contribution in [-0.4, -0.2) is 23.1 Å². The van der Waals surface area contributed by atoms with Gasteiger partial charge in [0.1, 0.15) is 12.4 Å². The molecule has 0 spiro atoms. The van der Waals surface area contributed by atoms with Crippen LogP contribution in [0.2, 0.25) is 0 Å². The van der Waals surface area contributed by atoms with Gasteiger partial charge in [0.2, 0.25) is 0 Å². The highest BCUT2D eigenvalue weighted by Crippen LogP contribution is 2.34. The highest BCUT2D eigenvalue weighted by molar-refractivity contribution is 5.41. The van der Waals surface area contributed by atoms with Gasteiger partial charge < -0.3 is 14.8 Å². The van der Waals surface area contributed by atoms with Crippen molar-refractivity contribution in [3.05, 3.63) is 42.4 Å². The van der Waals surface area contributed by atoms with Crippen LogP contribution < -0.4 is 14.8 Å². The number of para-hydroxylation sites is 2. The van der Waals surface area contributed by atoms with Crippen LogP contribution in [0, 0.1) is 0 Å². The predicted octanol–water partition coefficient (Wildman–Crippen LogP) is 2.81. The second-order valence-corrected chi connectivity index (χ2v) is 4.59. The van der Waals surface area contributed by atoms with E-state index in [2.05, 4.69) is 22.2 Å². The lowest BCUT2D eigenvalue weighted by molar-refractivity contribution is 0.0851. The average Bonchev–Trinajstić information content (AvgIpc) is 2.53. The molecule has 1 aliphatic rings. The summed E-state index contributed by atoms with van der Waals surface area (Å²) in [5.41, 5.74) is 0. The normalized spacial score (nSPS) is 16.8. The van der Waals surface area contributed by atoms with Gasteiger partial charge >= 0.3 is 0 Å². The Balaban J connectivity index is 1.77. The minimum atomic E-state index is -0.270. The summed E-state index contributed by atoms with van der Waals surface area (Å²) in [7, 11) is 0. The highest BCUT2D eigenvalue weighted by atomic mass is 16.6. The summed E-state index contributed by atoms with van der Waals surface area (Å²) in [6.45, 7) is 3.43.